The zero-order valence-electron chi connectivity index (χ0n) is 23.0. The van der Waals surface area contributed by atoms with Crippen LogP contribution in [-0.4, -0.2) is 43.4 Å². The van der Waals surface area contributed by atoms with Crippen LogP contribution in [0.1, 0.15) is 50.0 Å². The predicted molar refractivity (Wildman–Crippen MR) is 149 cm³/mol. The number of anilines is 1. The van der Waals surface area contributed by atoms with Gasteiger partial charge in [-0.05, 0) is 49.8 Å². The Morgan fingerprint density at radius 1 is 1.10 bits per heavy atom. The van der Waals surface area contributed by atoms with Gasteiger partial charge >= 0.3 is 0 Å². The number of carbonyl (C=O) groups excluding carboxylic acids is 2. The second-order valence-electron chi connectivity index (χ2n) is 10.2. The number of aryl methyl sites for hydroxylation is 1. The normalized spacial score (nSPS) is 14.9. The highest BCUT2D eigenvalue weighted by Gasteiger charge is 2.40. The van der Waals surface area contributed by atoms with E-state index in [9.17, 15) is 18.0 Å². The highest BCUT2D eigenvalue weighted by Crippen LogP contribution is 2.34. The van der Waals surface area contributed by atoms with Gasteiger partial charge in [0.1, 0.15) is 11.8 Å². The molecule has 208 valence electrons. The van der Waals surface area contributed by atoms with Crippen LogP contribution in [0.5, 0.6) is 0 Å². The molecule has 4 rings (SSSR count). The maximum atomic E-state index is 13.3. The molecule has 9 nitrogen and oxygen atoms in total. The molecular weight excluding hydrogens is 516 g/mol. The number of nitrogens with one attached hydrogen (secondary N) is 2. The summed E-state index contributed by atoms with van der Waals surface area (Å²) in [5.74, 6) is 0.506. The molecule has 2 atom stereocenters. The fraction of sp³-hybridized carbons (Fsp3) is 0.414. The second-order valence-corrected chi connectivity index (χ2v) is 11.8. The molecule has 2 amide bonds. The Morgan fingerprint density at radius 3 is 2.33 bits per heavy atom. The Bertz CT molecular complexity index is 1440. The molecule has 2 aromatic carbocycles. The number of nitrogens with zero attached hydrogens (tertiary/aromatic N) is 2. The van der Waals surface area contributed by atoms with Gasteiger partial charge in [-0.3, -0.25) is 14.3 Å². The molecule has 0 saturated heterocycles. The van der Waals surface area contributed by atoms with Crippen molar-refractivity contribution in [1.82, 2.24) is 15.4 Å². The van der Waals surface area contributed by atoms with Gasteiger partial charge in [0.25, 0.3) is 10.0 Å². The molecule has 0 bridgehead atoms. The van der Waals surface area contributed by atoms with Crippen molar-refractivity contribution in [1.29, 1.82) is 0 Å². The molecule has 10 heteroatoms. The van der Waals surface area contributed by atoms with Crippen LogP contribution in [0.2, 0.25) is 0 Å². The number of sulfonamides is 1. The van der Waals surface area contributed by atoms with Gasteiger partial charge in [0.15, 0.2) is 5.82 Å². The highest BCUT2D eigenvalue weighted by atomic mass is 32.2. The van der Waals surface area contributed by atoms with E-state index in [4.69, 9.17) is 4.52 Å². The number of rotatable bonds is 11. The number of carbonyl (C=O) groups is 2. The van der Waals surface area contributed by atoms with Gasteiger partial charge in [-0.2, -0.15) is 0 Å². The molecule has 1 saturated carbocycles. The first-order valence-corrected chi connectivity index (χ1v) is 14.7. The van der Waals surface area contributed by atoms with Crippen LogP contribution >= 0.6 is 0 Å². The van der Waals surface area contributed by atoms with E-state index in [1.165, 1.54) is 0 Å². The fourth-order valence-corrected chi connectivity index (χ4v) is 5.87. The van der Waals surface area contributed by atoms with Gasteiger partial charge in [-0.1, -0.05) is 67.9 Å². The first kappa shape index (κ1) is 28.4. The lowest BCUT2D eigenvalue weighted by molar-refractivity contribution is -0.144. The molecule has 1 unspecified atom stereocenters. The zero-order chi connectivity index (χ0) is 28.3. The molecule has 3 aromatic rings. The molecule has 1 aliphatic rings. The third-order valence-corrected chi connectivity index (χ3v) is 8.82. The van der Waals surface area contributed by atoms with Crippen molar-refractivity contribution in [3.63, 3.8) is 0 Å². The summed E-state index contributed by atoms with van der Waals surface area (Å²) in [4.78, 5) is 27.9. The third-order valence-electron chi connectivity index (χ3n) is 7.43. The van der Waals surface area contributed by atoms with Crippen molar-refractivity contribution in [2.75, 3.05) is 11.8 Å². The fourth-order valence-electron chi connectivity index (χ4n) is 4.58. The van der Waals surface area contributed by atoms with Crippen molar-refractivity contribution in [3.05, 3.63) is 65.4 Å². The van der Waals surface area contributed by atoms with Crippen LogP contribution in [0, 0.1) is 25.7 Å². The molecule has 39 heavy (non-hydrogen) atoms. The molecule has 1 heterocycles. The van der Waals surface area contributed by atoms with Crippen LogP contribution in [0.3, 0.4) is 0 Å². The number of hydrogen-bond donors (Lipinski definition) is 2. The monoisotopic (exact) mass is 552 g/mol. The standard InChI is InChI=1S/C29H36N4O5S/c1-6-18(2)26(28(34)30-5)33(29(35)23-15-16-23)17-21-11-13-22(14-12-21)24-9-7-8-10-25(24)39(36,37)32-27-19(3)20(4)38-31-27/h7-14,18,23,26H,6,15-17H2,1-5H3,(H,30,34)(H,31,32)/t18?,26-/m0/s1. The van der Waals surface area contributed by atoms with E-state index in [1.807, 2.05) is 38.1 Å². The lowest BCUT2D eigenvalue weighted by Crippen LogP contribution is -2.52. The lowest BCUT2D eigenvalue weighted by Gasteiger charge is -2.34. The summed E-state index contributed by atoms with van der Waals surface area (Å²) < 4.78 is 34.2. The summed E-state index contributed by atoms with van der Waals surface area (Å²) in [6.07, 6.45) is 2.46. The summed E-state index contributed by atoms with van der Waals surface area (Å²) in [6, 6.07) is 13.6. The molecular formula is C29H36N4O5S. The number of hydrogen-bond acceptors (Lipinski definition) is 6. The topological polar surface area (TPSA) is 122 Å². The number of benzene rings is 2. The van der Waals surface area contributed by atoms with E-state index >= 15 is 0 Å². The number of likely N-dealkylation sites (N-methyl/N-ethyl adjacent to an activating group) is 1. The molecule has 0 radical (unpaired) electrons. The van der Waals surface area contributed by atoms with Crippen LogP contribution in [-0.2, 0) is 26.2 Å². The predicted octanol–water partition coefficient (Wildman–Crippen LogP) is 4.66. The molecule has 1 aromatic heterocycles. The third kappa shape index (κ3) is 6.16. The highest BCUT2D eigenvalue weighted by molar-refractivity contribution is 7.92. The van der Waals surface area contributed by atoms with E-state index in [0.717, 1.165) is 24.8 Å². The summed E-state index contributed by atoms with van der Waals surface area (Å²) in [5.41, 5.74) is 2.72. The van der Waals surface area contributed by atoms with E-state index in [-0.39, 0.29) is 34.4 Å². The van der Waals surface area contributed by atoms with Crippen LogP contribution in [0.4, 0.5) is 5.82 Å². The minimum atomic E-state index is -3.95. The van der Waals surface area contributed by atoms with E-state index in [0.29, 0.717) is 29.0 Å². The van der Waals surface area contributed by atoms with E-state index < -0.39 is 16.1 Å². The van der Waals surface area contributed by atoms with Crippen molar-refractivity contribution >= 4 is 27.7 Å². The van der Waals surface area contributed by atoms with Crippen molar-refractivity contribution in [3.8, 4) is 11.1 Å². The van der Waals surface area contributed by atoms with Crippen LogP contribution < -0.4 is 10.0 Å². The quantitative estimate of drug-likeness (QED) is 0.357. The van der Waals surface area contributed by atoms with Crippen molar-refractivity contribution in [2.45, 2.75) is 64.4 Å². The van der Waals surface area contributed by atoms with Crippen LogP contribution in [0.15, 0.2) is 57.9 Å². The maximum Gasteiger partial charge on any atom is 0.263 e. The number of amides is 2. The van der Waals surface area contributed by atoms with E-state index in [2.05, 4.69) is 15.2 Å². The Morgan fingerprint density at radius 2 is 1.77 bits per heavy atom. The largest absolute Gasteiger partial charge is 0.359 e. The SMILES string of the molecule is CCC(C)[C@@H](C(=O)NC)N(Cc1ccc(-c2ccccc2S(=O)(=O)Nc2noc(C)c2C)cc1)C(=O)C1CC1. The van der Waals surface area contributed by atoms with Crippen LogP contribution in [0.25, 0.3) is 11.1 Å². The molecule has 1 aliphatic carbocycles. The molecule has 0 aliphatic heterocycles. The Kier molecular flexibility index (Phi) is 8.44. The van der Waals surface area contributed by atoms with E-state index in [1.54, 1.807) is 50.1 Å². The maximum absolute atomic E-state index is 13.3. The van der Waals surface area contributed by atoms with Gasteiger partial charge in [-0.15, -0.1) is 0 Å². The Hall–Kier alpha value is -3.66. The Labute approximate surface area is 230 Å². The first-order chi connectivity index (χ1) is 18.6. The minimum absolute atomic E-state index is 0.00588. The van der Waals surface area contributed by atoms with Gasteiger partial charge in [-0.25, -0.2) is 8.42 Å². The number of aromatic nitrogens is 1. The van der Waals surface area contributed by atoms with Gasteiger partial charge < -0.3 is 14.7 Å². The summed E-state index contributed by atoms with van der Waals surface area (Å²) in [5, 5.41) is 6.55. The average Bonchev–Trinajstić information content (AvgIpc) is 3.75. The molecule has 0 spiro atoms. The molecule has 1 fully saturated rings. The average molecular weight is 553 g/mol. The summed E-state index contributed by atoms with van der Waals surface area (Å²) in [7, 11) is -2.36. The van der Waals surface area contributed by atoms with Crippen molar-refractivity contribution in [2.24, 2.45) is 11.8 Å². The van der Waals surface area contributed by atoms with Gasteiger partial charge in [0.2, 0.25) is 11.8 Å². The first-order valence-electron chi connectivity index (χ1n) is 13.2. The zero-order valence-corrected chi connectivity index (χ0v) is 23.8. The second kappa shape index (κ2) is 11.6. The summed E-state index contributed by atoms with van der Waals surface area (Å²) >= 11 is 0. The van der Waals surface area contributed by atoms with Crippen molar-refractivity contribution < 1.29 is 22.5 Å². The summed E-state index contributed by atoms with van der Waals surface area (Å²) in [6.45, 7) is 7.75. The Balaban J connectivity index is 1.62. The van der Waals surface area contributed by atoms with Gasteiger partial charge in [0, 0.05) is 30.6 Å². The minimum Gasteiger partial charge on any atom is -0.359 e. The van der Waals surface area contributed by atoms with Gasteiger partial charge in [0.05, 0.1) is 4.90 Å². The molecule has 2 N–H and O–H groups in total. The lowest BCUT2D eigenvalue weighted by atomic mass is 9.95. The smallest absolute Gasteiger partial charge is 0.263 e.